The van der Waals surface area contributed by atoms with E-state index in [4.69, 9.17) is 9.72 Å². The van der Waals surface area contributed by atoms with Gasteiger partial charge in [0.25, 0.3) is 0 Å². The zero-order chi connectivity index (χ0) is 31.9. The van der Waals surface area contributed by atoms with Gasteiger partial charge in [-0.2, -0.15) is 0 Å². The second-order valence-corrected chi connectivity index (χ2v) is 12.1. The molecular weight excluding hydrogens is 583 g/mol. The molecule has 0 atom stereocenters. The van der Waals surface area contributed by atoms with E-state index in [1.165, 1.54) is 22.6 Å². The predicted molar refractivity (Wildman–Crippen MR) is 190 cm³/mol. The highest BCUT2D eigenvalue weighted by molar-refractivity contribution is 6.09. The minimum absolute atomic E-state index is 0.246. The molecule has 47 heavy (non-hydrogen) atoms. The Balaban J connectivity index is 1.20. The molecule has 0 bridgehead atoms. The van der Waals surface area contributed by atoms with E-state index in [9.17, 15) is 4.39 Å². The fourth-order valence-corrected chi connectivity index (χ4v) is 6.79. The standard InChI is InChI=1S/C41H35FN4O/c1-3-10-29-21-32(45-27-44(31-12-9-11-30(42)24-31)38-15-7-8-16-39(38)45)25-34(22-29)47-33-17-18-36-35-13-5-6-14-37(35)46(40(36)26-33)41-23-28(4-2)19-20-43-41/h5-9,11-26H,3-4,10,27H2,1-2H3. The maximum atomic E-state index is 14.3. The van der Waals surface area contributed by atoms with E-state index in [2.05, 4.69) is 113 Å². The van der Waals surface area contributed by atoms with E-state index in [1.54, 1.807) is 12.1 Å². The molecule has 0 fully saturated rings. The van der Waals surface area contributed by atoms with E-state index < -0.39 is 0 Å². The SMILES string of the molecule is CCCc1cc(Oc2ccc3c4ccccc4n(-c4cc(CC)ccn4)c3c2)cc(N2CN(c3cccc(F)c3)c3ccccc32)c1. The van der Waals surface area contributed by atoms with E-state index in [-0.39, 0.29) is 5.82 Å². The van der Waals surface area contributed by atoms with Gasteiger partial charge in [-0.3, -0.25) is 4.57 Å². The first kappa shape index (κ1) is 28.8. The number of aryl methyl sites for hydroxylation is 2. The molecule has 0 amide bonds. The smallest absolute Gasteiger partial charge is 0.137 e. The number of fused-ring (bicyclic) bond motifs is 4. The predicted octanol–water partition coefficient (Wildman–Crippen LogP) is 10.9. The zero-order valence-corrected chi connectivity index (χ0v) is 26.5. The Labute approximate surface area is 274 Å². The summed E-state index contributed by atoms with van der Waals surface area (Å²) in [5.74, 6) is 2.19. The first-order valence-electron chi connectivity index (χ1n) is 16.3. The molecule has 0 saturated carbocycles. The van der Waals surface area contributed by atoms with Gasteiger partial charge >= 0.3 is 0 Å². The Morgan fingerprint density at radius 2 is 1.45 bits per heavy atom. The topological polar surface area (TPSA) is 33.5 Å². The van der Waals surface area contributed by atoms with Crippen molar-refractivity contribution in [3.8, 4) is 17.3 Å². The lowest BCUT2D eigenvalue weighted by atomic mass is 10.1. The number of hydrogen-bond donors (Lipinski definition) is 0. The van der Waals surface area contributed by atoms with Gasteiger partial charge in [0.05, 0.1) is 22.4 Å². The van der Waals surface area contributed by atoms with Crippen molar-refractivity contribution in [1.29, 1.82) is 0 Å². The van der Waals surface area contributed by atoms with Crippen LogP contribution in [0.2, 0.25) is 0 Å². The maximum absolute atomic E-state index is 14.3. The van der Waals surface area contributed by atoms with Crippen LogP contribution in [0.25, 0.3) is 27.6 Å². The van der Waals surface area contributed by atoms with Crippen molar-refractivity contribution in [2.45, 2.75) is 33.1 Å². The van der Waals surface area contributed by atoms with Crippen LogP contribution in [-0.2, 0) is 12.8 Å². The number of ether oxygens (including phenoxy) is 1. The summed E-state index contributed by atoms with van der Waals surface area (Å²) in [5.41, 5.74) is 8.59. The third-order valence-electron chi connectivity index (χ3n) is 9.00. The van der Waals surface area contributed by atoms with Crippen LogP contribution in [0.4, 0.5) is 27.1 Å². The van der Waals surface area contributed by atoms with Gasteiger partial charge in [0, 0.05) is 40.5 Å². The Morgan fingerprint density at radius 3 is 2.26 bits per heavy atom. The lowest BCUT2D eigenvalue weighted by molar-refractivity contribution is 0.482. The molecule has 1 aliphatic heterocycles. The van der Waals surface area contributed by atoms with Crippen molar-refractivity contribution in [3.63, 3.8) is 0 Å². The second kappa shape index (κ2) is 12.0. The second-order valence-electron chi connectivity index (χ2n) is 12.1. The first-order valence-corrected chi connectivity index (χ1v) is 16.3. The van der Waals surface area contributed by atoms with Gasteiger partial charge in [0.1, 0.15) is 29.8 Å². The number of para-hydroxylation sites is 3. The van der Waals surface area contributed by atoms with E-state index in [1.807, 2.05) is 24.4 Å². The van der Waals surface area contributed by atoms with Crippen molar-refractivity contribution >= 4 is 44.6 Å². The monoisotopic (exact) mass is 618 g/mol. The summed E-state index contributed by atoms with van der Waals surface area (Å²) >= 11 is 0. The largest absolute Gasteiger partial charge is 0.457 e. The molecule has 0 aliphatic carbocycles. The number of halogens is 1. The molecule has 0 unspecified atom stereocenters. The Kier molecular flexibility index (Phi) is 7.33. The van der Waals surface area contributed by atoms with Crippen LogP contribution in [0.5, 0.6) is 11.5 Å². The van der Waals surface area contributed by atoms with Crippen molar-refractivity contribution in [3.05, 3.63) is 144 Å². The van der Waals surface area contributed by atoms with Crippen LogP contribution in [-0.4, -0.2) is 16.2 Å². The molecule has 3 heterocycles. The quantitative estimate of drug-likeness (QED) is 0.170. The molecule has 2 aromatic heterocycles. The molecule has 7 aromatic rings. The number of hydrogen-bond acceptors (Lipinski definition) is 4. The first-order chi connectivity index (χ1) is 23.1. The minimum Gasteiger partial charge on any atom is -0.457 e. The van der Waals surface area contributed by atoms with Crippen LogP contribution in [0, 0.1) is 5.82 Å². The summed E-state index contributed by atoms with van der Waals surface area (Å²) in [6.45, 7) is 4.92. The van der Waals surface area contributed by atoms with Crippen molar-refractivity contribution in [1.82, 2.24) is 9.55 Å². The van der Waals surface area contributed by atoms with Gasteiger partial charge in [0.2, 0.25) is 0 Å². The van der Waals surface area contributed by atoms with Gasteiger partial charge < -0.3 is 14.5 Å². The molecule has 6 heteroatoms. The number of rotatable bonds is 8. The third-order valence-corrected chi connectivity index (χ3v) is 9.00. The van der Waals surface area contributed by atoms with Gasteiger partial charge in [0.15, 0.2) is 0 Å². The van der Waals surface area contributed by atoms with Crippen LogP contribution in [0.3, 0.4) is 0 Å². The molecule has 0 N–H and O–H groups in total. The molecule has 8 rings (SSSR count). The Bertz CT molecular complexity index is 2260. The van der Waals surface area contributed by atoms with E-state index in [0.29, 0.717) is 6.67 Å². The summed E-state index contributed by atoms with van der Waals surface area (Å²) in [6.07, 6.45) is 4.78. The number of aromatic nitrogens is 2. The van der Waals surface area contributed by atoms with Crippen LogP contribution >= 0.6 is 0 Å². The Hall–Kier alpha value is -5.62. The summed E-state index contributed by atoms with van der Waals surface area (Å²) in [7, 11) is 0. The number of anilines is 4. The Morgan fingerprint density at radius 1 is 0.660 bits per heavy atom. The molecule has 0 saturated heterocycles. The van der Waals surface area contributed by atoms with Gasteiger partial charge in [-0.05, 0) is 96.8 Å². The summed E-state index contributed by atoms with van der Waals surface area (Å²) in [4.78, 5) is 9.20. The van der Waals surface area contributed by atoms with Crippen molar-refractivity contribution in [2.75, 3.05) is 16.5 Å². The minimum atomic E-state index is -0.246. The highest BCUT2D eigenvalue weighted by Gasteiger charge is 2.28. The molecular formula is C41H35FN4O. The summed E-state index contributed by atoms with van der Waals surface area (Å²) in [6, 6.07) is 40.6. The van der Waals surface area contributed by atoms with Gasteiger partial charge in [-0.25, -0.2) is 9.37 Å². The average Bonchev–Trinajstić information content (AvgIpc) is 3.65. The van der Waals surface area contributed by atoms with Crippen LogP contribution < -0.4 is 14.5 Å². The average molecular weight is 619 g/mol. The number of nitrogens with zero attached hydrogens (tertiary/aromatic N) is 4. The van der Waals surface area contributed by atoms with Crippen molar-refractivity contribution < 1.29 is 9.13 Å². The van der Waals surface area contributed by atoms with Gasteiger partial charge in [-0.15, -0.1) is 0 Å². The van der Waals surface area contributed by atoms with Crippen LogP contribution in [0.1, 0.15) is 31.4 Å². The highest BCUT2D eigenvalue weighted by Crippen LogP contribution is 2.45. The molecule has 232 valence electrons. The summed E-state index contributed by atoms with van der Waals surface area (Å²) < 4.78 is 23.2. The highest BCUT2D eigenvalue weighted by atomic mass is 19.1. The third kappa shape index (κ3) is 5.26. The molecule has 5 aromatic carbocycles. The zero-order valence-electron chi connectivity index (χ0n) is 26.5. The lowest BCUT2D eigenvalue weighted by Crippen LogP contribution is -2.24. The molecule has 5 nitrogen and oxygen atoms in total. The van der Waals surface area contributed by atoms with E-state index in [0.717, 1.165) is 75.7 Å². The molecule has 1 aliphatic rings. The summed E-state index contributed by atoms with van der Waals surface area (Å²) in [5, 5.41) is 2.34. The van der Waals surface area contributed by atoms with E-state index >= 15 is 0 Å². The van der Waals surface area contributed by atoms with Gasteiger partial charge in [-0.1, -0.05) is 56.7 Å². The lowest BCUT2D eigenvalue weighted by Gasteiger charge is -2.23. The fraction of sp³-hybridized carbons (Fsp3) is 0.146. The molecule has 0 radical (unpaired) electrons. The van der Waals surface area contributed by atoms with Crippen molar-refractivity contribution in [2.24, 2.45) is 0 Å². The maximum Gasteiger partial charge on any atom is 0.137 e. The normalized spacial score (nSPS) is 12.7. The molecule has 0 spiro atoms. The number of pyridine rings is 1. The number of benzene rings is 5. The van der Waals surface area contributed by atoms with Crippen LogP contribution in [0.15, 0.2) is 128 Å². The fourth-order valence-electron chi connectivity index (χ4n) is 6.79.